The molecule has 2 heterocycles. The highest BCUT2D eigenvalue weighted by atomic mass is 35.5. The SMILES string of the molecule is O=C1[C@H]2[C@H](ON(c3ccccc3)[C@@H]2c2ccc(Cl)c([N+](=O)[O-])c2)C(=O)N1c1ccccc1F. The van der Waals surface area contributed by atoms with E-state index in [9.17, 15) is 24.1 Å². The van der Waals surface area contributed by atoms with Crippen molar-refractivity contribution in [3.8, 4) is 0 Å². The molecule has 0 bridgehead atoms. The summed E-state index contributed by atoms with van der Waals surface area (Å²) >= 11 is 5.98. The lowest BCUT2D eigenvalue weighted by molar-refractivity contribution is -0.384. The van der Waals surface area contributed by atoms with Gasteiger partial charge in [-0.3, -0.25) is 24.5 Å². The summed E-state index contributed by atoms with van der Waals surface area (Å²) < 4.78 is 14.4. The maximum absolute atomic E-state index is 14.4. The van der Waals surface area contributed by atoms with Crippen LogP contribution in [-0.4, -0.2) is 22.8 Å². The zero-order valence-electron chi connectivity index (χ0n) is 16.8. The largest absolute Gasteiger partial charge is 0.288 e. The predicted molar refractivity (Wildman–Crippen MR) is 117 cm³/mol. The Bertz CT molecular complexity index is 1290. The molecule has 2 fully saturated rings. The van der Waals surface area contributed by atoms with E-state index in [1.54, 1.807) is 36.4 Å². The Morgan fingerprint density at radius 1 is 0.970 bits per heavy atom. The molecule has 2 aliphatic heterocycles. The summed E-state index contributed by atoms with van der Waals surface area (Å²) in [7, 11) is 0. The molecule has 0 saturated carbocycles. The van der Waals surface area contributed by atoms with Crippen LogP contribution in [0.25, 0.3) is 0 Å². The van der Waals surface area contributed by atoms with Crippen molar-refractivity contribution in [1.29, 1.82) is 0 Å². The Balaban J connectivity index is 1.63. The molecule has 0 radical (unpaired) electrons. The molecule has 0 N–H and O–H groups in total. The highest BCUT2D eigenvalue weighted by molar-refractivity contribution is 6.32. The number of nitro groups is 1. The van der Waals surface area contributed by atoms with Gasteiger partial charge in [0.15, 0.2) is 6.10 Å². The lowest BCUT2D eigenvalue weighted by Gasteiger charge is -2.28. The minimum Gasteiger partial charge on any atom is -0.273 e. The molecule has 2 aliphatic rings. The van der Waals surface area contributed by atoms with E-state index in [0.29, 0.717) is 11.3 Å². The number of hydrogen-bond donors (Lipinski definition) is 0. The average molecular weight is 468 g/mol. The van der Waals surface area contributed by atoms with E-state index in [1.165, 1.54) is 35.4 Å². The van der Waals surface area contributed by atoms with Crippen molar-refractivity contribution in [2.45, 2.75) is 12.1 Å². The third kappa shape index (κ3) is 3.33. The lowest BCUT2D eigenvalue weighted by atomic mass is 9.90. The molecule has 166 valence electrons. The van der Waals surface area contributed by atoms with Gasteiger partial charge in [0.05, 0.1) is 22.3 Å². The fourth-order valence-corrected chi connectivity index (χ4v) is 4.46. The normalized spacial score (nSPS) is 22.1. The Kier molecular flexibility index (Phi) is 5.07. The molecule has 2 saturated heterocycles. The summed E-state index contributed by atoms with van der Waals surface area (Å²) in [6.07, 6.45) is -1.22. The highest BCUT2D eigenvalue weighted by Gasteiger charge is 2.60. The molecular formula is C23H15ClFN3O5. The third-order valence-corrected chi connectivity index (χ3v) is 6.05. The minimum absolute atomic E-state index is 0.0627. The number of rotatable bonds is 4. The van der Waals surface area contributed by atoms with Crippen molar-refractivity contribution < 1.29 is 23.7 Å². The molecule has 3 aromatic carbocycles. The van der Waals surface area contributed by atoms with Crippen LogP contribution in [0, 0.1) is 21.8 Å². The molecule has 2 amide bonds. The number of fused-ring (bicyclic) bond motifs is 1. The van der Waals surface area contributed by atoms with Gasteiger partial charge in [-0.15, -0.1) is 0 Å². The summed E-state index contributed by atoms with van der Waals surface area (Å²) in [6, 6.07) is 17.5. The second-order valence-electron chi connectivity index (χ2n) is 7.59. The second-order valence-corrected chi connectivity index (χ2v) is 8.00. The van der Waals surface area contributed by atoms with Gasteiger partial charge in [-0.05, 0) is 35.9 Å². The summed E-state index contributed by atoms with van der Waals surface area (Å²) in [5.74, 6) is -3.14. The first-order valence-electron chi connectivity index (χ1n) is 9.95. The molecule has 0 aliphatic carbocycles. The second kappa shape index (κ2) is 7.95. The number of benzene rings is 3. The number of carbonyl (C=O) groups is 2. The number of anilines is 2. The zero-order chi connectivity index (χ0) is 23.3. The van der Waals surface area contributed by atoms with E-state index >= 15 is 0 Å². The quantitative estimate of drug-likeness (QED) is 0.320. The van der Waals surface area contributed by atoms with E-state index in [-0.39, 0.29) is 16.4 Å². The maximum atomic E-state index is 14.4. The fraction of sp³-hybridized carbons (Fsp3) is 0.130. The lowest BCUT2D eigenvalue weighted by Crippen LogP contribution is -2.37. The minimum atomic E-state index is -1.22. The van der Waals surface area contributed by atoms with Gasteiger partial charge in [-0.2, -0.15) is 0 Å². The van der Waals surface area contributed by atoms with Crippen molar-refractivity contribution in [1.82, 2.24) is 0 Å². The van der Waals surface area contributed by atoms with Crippen LogP contribution < -0.4 is 9.96 Å². The molecule has 0 unspecified atom stereocenters. The molecule has 5 rings (SSSR count). The van der Waals surface area contributed by atoms with Gasteiger partial charge in [-0.25, -0.2) is 14.4 Å². The smallest absolute Gasteiger partial charge is 0.273 e. The average Bonchev–Trinajstić information content (AvgIpc) is 3.31. The number of halogens is 2. The maximum Gasteiger partial charge on any atom is 0.288 e. The predicted octanol–water partition coefficient (Wildman–Crippen LogP) is 4.44. The van der Waals surface area contributed by atoms with Crippen LogP contribution in [0.3, 0.4) is 0 Å². The molecule has 3 atom stereocenters. The van der Waals surface area contributed by atoms with E-state index < -0.39 is 40.6 Å². The van der Waals surface area contributed by atoms with Crippen LogP contribution >= 0.6 is 11.6 Å². The van der Waals surface area contributed by atoms with Crippen molar-refractivity contribution >= 4 is 40.5 Å². The zero-order valence-corrected chi connectivity index (χ0v) is 17.6. The topological polar surface area (TPSA) is 93.0 Å². The van der Waals surface area contributed by atoms with Crippen molar-refractivity contribution in [2.24, 2.45) is 5.92 Å². The highest BCUT2D eigenvalue weighted by Crippen LogP contribution is 2.48. The van der Waals surface area contributed by atoms with Gasteiger partial charge >= 0.3 is 0 Å². The molecule has 33 heavy (non-hydrogen) atoms. The number of amides is 2. The Labute approximate surface area is 191 Å². The molecular weight excluding hydrogens is 453 g/mol. The first kappa shape index (κ1) is 21.0. The monoisotopic (exact) mass is 467 g/mol. The Morgan fingerprint density at radius 3 is 2.36 bits per heavy atom. The number of hydrogen-bond acceptors (Lipinski definition) is 6. The number of para-hydroxylation sites is 2. The fourth-order valence-electron chi connectivity index (χ4n) is 4.28. The summed E-state index contributed by atoms with van der Waals surface area (Å²) in [5, 5.41) is 12.8. The number of carbonyl (C=O) groups excluding carboxylic acids is 2. The number of imide groups is 1. The molecule has 3 aromatic rings. The van der Waals surface area contributed by atoms with Crippen LogP contribution in [0.15, 0.2) is 72.8 Å². The van der Waals surface area contributed by atoms with Crippen molar-refractivity contribution in [3.63, 3.8) is 0 Å². The van der Waals surface area contributed by atoms with Gasteiger partial charge < -0.3 is 0 Å². The molecule has 0 spiro atoms. The number of hydroxylamine groups is 1. The van der Waals surface area contributed by atoms with Gasteiger partial charge in [0.2, 0.25) is 5.91 Å². The van der Waals surface area contributed by atoms with Gasteiger partial charge in [0.25, 0.3) is 11.6 Å². The van der Waals surface area contributed by atoms with Crippen LogP contribution in [-0.2, 0) is 14.4 Å². The van der Waals surface area contributed by atoms with Crippen molar-refractivity contribution in [3.05, 3.63) is 99.3 Å². The van der Waals surface area contributed by atoms with Crippen LogP contribution in [0.5, 0.6) is 0 Å². The van der Waals surface area contributed by atoms with Gasteiger partial charge in [0.1, 0.15) is 16.8 Å². The number of nitro benzene ring substituents is 1. The van der Waals surface area contributed by atoms with Gasteiger partial charge in [-0.1, -0.05) is 48.0 Å². The van der Waals surface area contributed by atoms with Crippen molar-refractivity contribution in [2.75, 3.05) is 9.96 Å². The first-order valence-corrected chi connectivity index (χ1v) is 10.3. The summed E-state index contributed by atoms with van der Waals surface area (Å²) in [5.41, 5.74) is 0.400. The Morgan fingerprint density at radius 2 is 1.67 bits per heavy atom. The summed E-state index contributed by atoms with van der Waals surface area (Å²) in [6.45, 7) is 0. The van der Waals surface area contributed by atoms with E-state index in [4.69, 9.17) is 16.4 Å². The van der Waals surface area contributed by atoms with Crippen LogP contribution in [0.1, 0.15) is 11.6 Å². The standard InChI is InChI=1S/C23H15ClFN3O5/c24-15-11-10-13(12-18(15)28(31)32)20-19-21(33-27(20)14-6-2-1-3-7-14)23(30)26(22(19)29)17-9-5-4-8-16(17)25/h1-12,19-21H/t19-,20-,21+/m1/s1. The molecule has 8 nitrogen and oxygen atoms in total. The molecule has 10 heteroatoms. The first-order chi connectivity index (χ1) is 15.9. The molecule has 0 aromatic heterocycles. The third-order valence-electron chi connectivity index (χ3n) is 5.73. The van der Waals surface area contributed by atoms with Gasteiger partial charge in [0, 0.05) is 6.07 Å². The van der Waals surface area contributed by atoms with E-state index in [2.05, 4.69) is 0 Å². The van der Waals surface area contributed by atoms with E-state index in [1.807, 2.05) is 0 Å². The van der Waals surface area contributed by atoms with Crippen LogP contribution in [0.2, 0.25) is 5.02 Å². The summed E-state index contributed by atoms with van der Waals surface area (Å²) in [4.78, 5) is 44.2. The van der Waals surface area contributed by atoms with E-state index in [0.717, 1.165) is 11.0 Å². The Hall–Kier alpha value is -3.82. The number of nitrogens with zero attached hydrogens (tertiary/aromatic N) is 3. The van der Waals surface area contributed by atoms with Crippen LogP contribution in [0.4, 0.5) is 21.5 Å².